The zero-order chi connectivity index (χ0) is 16.0. The van der Waals surface area contributed by atoms with E-state index in [0.29, 0.717) is 6.04 Å². The Morgan fingerprint density at radius 1 is 1.35 bits per heavy atom. The third-order valence-electron chi connectivity index (χ3n) is 4.63. The van der Waals surface area contributed by atoms with Gasteiger partial charge >= 0.3 is 0 Å². The van der Waals surface area contributed by atoms with Gasteiger partial charge < -0.3 is 0 Å². The van der Waals surface area contributed by atoms with Crippen molar-refractivity contribution in [3.63, 3.8) is 0 Å². The molecule has 4 nitrogen and oxygen atoms in total. The fourth-order valence-corrected chi connectivity index (χ4v) is 4.29. The van der Waals surface area contributed by atoms with E-state index >= 15 is 0 Å². The highest BCUT2D eigenvalue weighted by molar-refractivity contribution is 7.10. The Hall–Kier alpha value is -1.98. The van der Waals surface area contributed by atoms with E-state index in [4.69, 9.17) is 0 Å². The second kappa shape index (κ2) is 5.58. The highest BCUT2D eigenvalue weighted by Gasteiger charge is 2.25. The third kappa shape index (κ3) is 2.60. The predicted octanol–water partition coefficient (Wildman–Crippen LogP) is 3.18. The van der Waals surface area contributed by atoms with Crippen LogP contribution in [0.2, 0.25) is 0 Å². The van der Waals surface area contributed by atoms with Crippen molar-refractivity contribution in [1.82, 2.24) is 14.3 Å². The van der Waals surface area contributed by atoms with E-state index in [1.807, 2.05) is 36.6 Å². The molecule has 23 heavy (non-hydrogen) atoms. The van der Waals surface area contributed by atoms with Gasteiger partial charge in [-0.2, -0.15) is 0 Å². The van der Waals surface area contributed by atoms with Crippen LogP contribution in [0.3, 0.4) is 0 Å². The first kappa shape index (κ1) is 14.6. The van der Waals surface area contributed by atoms with Crippen molar-refractivity contribution >= 4 is 17.0 Å². The summed E-state index contributed by atoms with van der Waals surface area (Å²) in [6, 6.07) is 8.18. The van der Waals surface area contributed by atoms with Crippen molar-refractivity contribution in [2.24, 2.45) is 0 Å². The zero-order valence-electron chi connectivity index (χ0n) is 13.3. The molecule has 0 N–H and O–H groups in total. The molecule has 1 aliphatic rings. The predicted molar refractivity (Wildman–Crippen MR) is 93.0 cm³/mol. The molecular weight excluding hydrogens is 306 g/mol. The number of aryl methyl sites for hydroxylation is 1. The Kier molecular flexibility index (Phi) is 3.54. The van der Waals surface area contributed by atoms with Gasteiger partial charge in [0, 0.05) is 36.3 Å². The quantitative estimate of drug-likeness (QED) is 0.726. The molecule has 0 aromatic carbocycles. The fourth-order valence-electron chi connectivity index (χ4n) is 3.32. The summed E-state index contributed by atoms with van der Waals surface area (Å²) in [6.07, 6.45) is 2.93. The van der Waals surface area contributed by atoms with Crippen molar-refractivity contribution in [1.29, 1.82) is 0 Å². The molecule has 1 atom stereocenters. The third-order valence-corrected chi connectivity index (χ3v) is 5.63. The van der Waals surface area contributed by atoms with Crippen LogP contribution in [0.15, 0.2) is 40.6 Å². The average Bonchev–Trinajstić information content (AvgIpc) is 3.00. The topological polar surface area (TPSA) is 37.6 Å². The molecule has 0 saturated carbocycles. The molecule has 118 valence electrons. The number of hydrogen-bond acceptors (Lipinski definition) is 4. The molecule has 0 bridgehead atoms. The van der Waals surface area contributed by atoms with Crippen LogP contribution in [0.4, 0.5) is 0 Å². The SMILES string of the molecule is Cc1ccc2nc(CN3CCc4sccc4[C@H]3C)cc(=O)n2c1. The van der Waals surface area contributed by atoms with Crippen LogP contribution in [0, 0.1) is 6.92 Å². The first-order valence-electron chi connectivity index (χ1n) is 7.91. The minimum absolute atomic E-state index is 0.00501. The number of rotatable bonds is 2. The van der Waals surface area contributed by atoms with Crippen molar-refractivity contribution < 1.29 is 0 Å². The largest absolute Gasteiger partial charge is 0.290 e. The Labute approximate surface area is 139 Å². The lowest BCUT2D eigenvalue weighted by molar-refractivity contribution is 0.189. The summed E-state index contributed by atoms with van der Waals surface area (Å²) < 4.78 is 1.62. The smallest absolute Gasteiger partial charge is 0.258 e. The normalized spacial score (nSPS) is 18.3. The second-order valence-corrected chi connectivity index (χ2v) is 7.22. The summed E-state index contributed by atoms with van der Waals surface area (Å²) in [5, 5.41) is 2.17. The maximum absolute atomic E-state index is 12.3. The van der Waals surface area contributed by atoms with Gasteiger partial charge in [-0.1, -0.05) is 6.07 Å². The van der Waals surface area contributed by atoms with Crippen LogP contribution in [-0.4, -0.2) is 20.8 Å². The highest BCUT2D eigenvalue weighted by atomic mass is 32.1. The number of pyridine rings is 1. The van der Waals surface area contributed by atoms with Gasteiger partial charge in [0.15, 0.2) is 0 Å². The van der Waals surface area contributed by atoms with Gasteiger partial charge in [0.25, 0.3) is 5.56 Å². The molecule has 5 heteroatoms. The minimum Gasteiger partial charge on any atom is -0.290 e. The summed E-state index contributed by atoms with van der Waals surface area (Å²) in [5.74, 6) is 0. The average molecular weight is 325 g/mol. The van der Waals surface area contributed by atoms with Crippen LogP contribution >= 0.6 is 11.3 Å². The lowest BCUT2D eigenvalue weighted by Gasteiger charge is -2.33. The zero-order valence-corrected chi connectivity index (χ0v) is 14.1. The van der Waals surface area contributed by atoms with Gasteiger partial charge in [-0.15, -0.1) is 11.3 Å². The maximum atomic E-state index is 12.3. The van der Waals surface area contributed by atoms with Gasteiger partial charge in [0.05, 0.1) is 5.69 Å². The van der Waals surface area contributed by atoms with Crippen LogP contribution < -0.4 is 5.56 Å². The van der Waals surface area contributed by atoms with Crippen molar-refractivity contribution in [3.8, 4) is 0 Å². The standard InChI is InChI=1S/C18H19N3OS/c1-12-3-4-17-19-14(9-18(22)21(17)10-12)11-20-7-5-16-15(13(20)2)6-8-23-16/h3-4,6,8-10,13H,5,7,11H2,1-2H3/t13-/m1/s1. The summed E-state index contributed by atoms with van der Waals surface area (Å²) in [5.41, 5.74) is 4.05. The molecule has 1 aliphatic heterocycles. The van der Waals surface area contributed by atoms with Gasteiger partial charge in [0.1, 0.15) is 5.65 Å². The first-order chi connectivity index (χ1) is 11.1. The molecule has 0 radical (unpaired) electrons. The van der Waals surface area contributed by atoms with Crippen LogP contribution in [0.1, 0.15) is 34.7 Å². The number of fused-ring (bicyclic) bond motifs is 2. The second-order valence-electron chi connectivity index (χ2n) is 6.22. The van der Waals surface area contributed by atoms with Gasteiger partial charge in [-0.05, 0) is 48.9 Å². The van der Waals surface area contributed by atoms with E-state index in [-0.39, 0.29) is 5.56 Å². The fraction of sp³-hybridized carbons (Fsp3) is 0.333. The summed E-state index contributed by atoms with van der Waals surface area (Å²) >= 11 is 1.85. The lowest BCUT2D eigenvalue weighted by atomic mass is 10.0. The van der Waals surface area contributed by atoms with Crippen molar-refractivity contribution in [2.45, 2.75) is 32.9 Å². The van der Waals surface area contributed by atoms with E-state index in [9.17, 15) is 4.79 Å². The summed E-state index contributed by atoms with van der Waals surface area (Å²) in [7, 11) is 0. The molecule has 4 heterocycles. The molecular formula is C18H19N3OS. The van der Waals surface area contributed by atoms with Crippen molar-refractivity contribution in [2.75, 3.05) is 6.54 Å². The Bertz CT molecular complexity index is 927. The van der Waals surface area contributed by atoms with E-state index < -0.39 is 0 Å². The van der Waals surface area contributed by atoms with E-state index in [2.05, 4.69) is 28.3 Å². The summed E-state index contributed by atoms with van der Waals surface area (Å²) in [6.45, 7) is 5.95. The molecule has 0 unspecified atom stereocenters. The highest BCUT2D eigenvalue weighted by Crippen LogP contribution is 2.33. The van der Waals surface area contributed by atoms with Gasteiger partial charge in [0.2, 0.25) is 0 Å². The van der Waals surface area contributed by atoms with Gasteiger partial charge in [-0.3, -0.25) is 14.1 Å². The Morgan fingerprint density at radius 3 is 3.09 bits per heavy atom. The lowest BCUT2D eigenvalue weighted by Crippen LogP contribution is -2.33. The molecule has 0 saturated heterocycles. The monoisotopic (exact) mass is 325 g/mol. The number of thiophene rings is 1. The summed E-state index contributed by atoms with van der Waals surface area (Å²) in [4.78, 5) is 20.9. The minimum atomic E-state index is -0.00501. The number of aromatic nitrogens is 2. The molecule has 0 aliphatic carbocycles. The molecule has 0 spiro atoms. The van der Waals surface area contributed by atoms with E-state index in [1.54, 1.807) is 10.5 Å². The van der Waals surface area contributed by atoms with Crippen LogP contribution in [0.5, 0.6) is 0 Å². The van der Waals surface area contributed by atoms with Crippen LogP contribution in [0.25, 0.3) is 5.65 Å². The Morgan fingerprint density at radius 2 is 2.22 bits per heavy atom. The molecule has 4 rings (SSSR count). The van der Waals surface area contributed by atoms with E-state index in [1.165, 1.54) is 10.4 Å². The molecule has 3 aromatic heterocycles. The number of nitrogens with zero attached hydrogens (tertiary/aromatic N) is 3. The molecule has 0 amide bonds. The molecule has 3 aromatic rings. The van der Waals surface area contributed by atoms with Gasteiger partial charge in [-0.25, -0.2) is 4.98 Å². The molecule has 0 fully saturated rings. The number of hydrogen-bond donors (Lipinski definition) is 0. The maximum Gasteiger partial charge on any atom is 0.258 e. The van der Waals surface area contributed by atoms with Crippen LogP contribution in [-0.2, 0) is 13.0 Å². The Balaban J connectivity index is 1.66. The van der Waals surface area contributed by atoms with E-state index in [0.717, 1.165) is 36.4 Å². The van der Waals surface area contributed by atoms with Crippen molar-refractivity contribution in [3.05, 3.63) is 67.9 Å². The first-order valence-corrected chi connectivity index (χ1v) is 8.79.